The number of Topliss-reactive ketones (excluding diaryl/α,β-unsaturated/α-hetero) is 1. The van der Waals surface area contributed by atoms with Crippen LogP contribution in [0.15, 0.2) is 119 Å². The van der Waals surface area contributed by atoms with Gasteiger partial charge in [-0.25, -0.2) is 8.42 Å². The second-order valence-corrected chi connectivity index (χ2v) is 9.92. The molecule has 6 nitrogen and oxygen atoms in total. The smallest absolute Gasteiger partial charge is 0.214 e. The van der Waals surface area contributed by atoms with Crippen molar-refractivity contribution in [1.82, 2.24) is 0 Å². The summed E-state index contributed by atoms with van der Waals surface area (Å²) in [6.07, 6.45) is 1.39. The SMILES string of the molecule is CCOc1ccc(C(=O)C2=CN(c3ccc(Oc4ccccc4)cc3)c3ccccc3S2(=O)=O)cc1. The van der Waals surface area contributed by atoms with Crippen LogP contribution in [0.3, 0.4) is 0 Å². The third kappa shape index (κ3) is 4.48. The minimum absolute atomic E-state index is 0.0754. The molecule has 0 atom stereocenters. The Morgan fingerprint density at radius 1 is 0.750 bits per heavy atom. The maximum absolute atomic E-state index is 13.5. The standard InChI is InChI=1S/C29H23NO5S/c1-2-34-23-16-12-21(13-17-23)29(31)28-20-30(26-10-6-7-11-27(26)36(28,32)33)22-14-18-25(19-15-22)35-24-8-4-3-5-9-24/h3-20H,2H2,1H3. The highest BCUT2D eigenvalue weighted by Crippen LogP contribution is 2.40. The van der Waals surface area contributed by atoms with Crippen molar-refractivity contribution in [2.24, 2.45) is 0 Å². The van der Waals surface area contributed by atoms with E-state index >= 15 is 0 Å². The number of para-hydroxylation sites is 2. The van der Waals surface area contributed by atoms with Crippen LogP contribution < -0.4 is 14.4 Å². The zero-order valence-electron chi connectivity index (χ0n) is 19.5. The van der Waals surface area contributed by atoms with Gasteiger partial charge in [0.1, 0.15) is 22.2 Å². The Hall–Kier alpha value is -4.36. The zero-order chi connectivity index (χ0) is 25.1. The van der Waals surface area contributed by atoms with Crippen molar-refractivity contribution in [2.75, 3.05) is 11.5 Å². The molecule has 0 spiro atoms. The topological polar surface area (TPSA) is 72.9 Å². The second kappa shape index (κ2) is 9.71. The maximum atomic E-state index is 13.5. The monoisotopic (exact) mass is 497 g/mol. The van der Waals surface area contributed by atoms with Crippen LogP contribution in [-0.4, -0.2) is 20.8 Å². The molecule has 1 aliphatic heterocycles. The Bertz CT molecular complexity index is 1530. The van der Waals surface area contributed by atoms with Gasteiger partial charge < -0.3 is 14.4 Å². The van der Waals surface area contributed by atoms with Crippen molar-refractivity contribution >= 4 is 27.0 Å². The number of nitrogens with zero attached hydrogens (tertiary/aromatic N) is 1. The highest BCUT2D eigenvalue weighted by atomic mass is 32.2. The first kappa shape index (κ1) is 23.4. The molecule has 5 rings (SSSR count). The highest BCUT2D eigenvalue weighted by Gasteiger charge is 2.36. The molecule has 7 heteroatoms. The number of carbonyl (C=O) groups is 1. The number of sulfone groups is 1. The maximum Gasteiger partial charge on any atom is 0.214 e. The number of carbonyl (C=O) groups excluding carboxylic acids is 1. The molecule has 0 radical (unpaired) electrons. The molecule has 0 aromatic heterocycles. The van der Waals surface area contributed by atoms with Crippen LogP contribution >= 0.6 is 0 Å². The van der Waals surface area contributed by atoms with Gasteiger partial charge in [0.25, 0.3) is 0 Å². The zero-order valence-corrected chi connectivity index (χ0v) is 20.3. The van der Waals surface area contributed by atoms with Crippen LogP contribution in [0.4, 0.5) is 11.4 Å². The molecule has 1 heterocycles. The summed E-state index contributed by atoms with van der Waals surface area (Å²) < 4.78 is 38.2. The molecule has 4 aromatic carbocycles. The van der Waals surface area contributed by atoms with Crippen LogP contribution in [0.5, 0.6) is 17.2 Å². The number of anilines is 2. The Balaban J connectivity index is 1.52. The van der Waals surface area contributed by atoms with E-state index in [1.54, 1.807) is 59.5 Å². The van der Waals surface area contributed by atoms with E-state index in [9.17, 15) is 13.2 Å². The van der Waals surface area contributed by atoms with E-state index in [1.165, 1.54) is 12.3 Å². The molecular formula is C29H23NO5S. The third-order valence-corrected chi connectivity index (χ3v) is 7.49. The van der Waals surface area contributed by atoms with Crippen LogP contribution in [0.25, 0.3) is 0 Å². The predicted molar refractivity (Wildman–Crippen MR) is 139 cm³/mol. The molecule has 0 aliphatic carbocycles. The summed E-state index contributed by atoms with van der Waals surface area (Å²) in [5, 5.41) is 0. The van der Waals surface area contributed by atoms with Crippen molar-refractivity contribution in [3.8, 4) is 17.2 Å². The first-order chi connectivity index (χ1) is 17.5. The number of allylic oxidation sites excluding steroid dienone is 1. The molecule has 36 heavy (non-hydrogen) atoms. The van der Waals surface area contributed by atoms with E-state index < -0.39 is 15.6 Å². The van der Waals surface area contributed by atoms with Crippen molar-refractivity contribution < 1.29 is 22.7 Å². The van der Waals surface area contributed by atoms with Gasteiger partial charge in [0, 0.05) is 17.5 Å². The summed E-state index contributed by atoms with van der Waals surface area (Å²) in [6.45, 7) is 2.36. The van der Waals surface area contributed by atoms with Crippen LogP contribution in [0.2, 0.25) is 0 Å². The van der Waals surface area contributed by atoms with E-state index in [2.05, 4.69) is 0 Å². The van der Waals surface area contributed by atoms with Gasteiger partial charge in [-0.2, -0.15) is 0 Å². The highest BCUT2D eigenvalue weighted by molar-refractivity contribution is 7.96. The summed E-state index contributed by atoms with van der Waals surface area (Å²) >= 11 is 0. The van der Waals surface area contributed by atoms with Gasteiger partial charge in [0.2, 0.25) is 15.6 Å². The molecule has 0 bridgehead atoms. The number of hydrogen-bond acceptors (Lipinski definition) is 6. The van der Waals surface area contributed by atoms with E-state index in [1.807, 2.05) is 49.4 Å². The summed E-state index contributed by atoms with van der Waals surface area (Å²) in [5.74, 6) is 1.38. The summed E-state index contributed by atoms with van der Waals surface area (Å²) in [4.78, 5) is 14.9. The summed E-state index contributed by atoms with van der Waals surface area (Å²) in [6, 6.07) is 29.8. The lowest BCUT2D eigenvalue weighted by Gasteiger charge is -2.29. The van der Waals surface area contributed by atoms with Gasteiger partial charge >= 0.3 is 0 Å². The lowest BCUT2D eigenvalue weighted by molar-refractivity contribution is 0.104. The molecule has 180 valence electrons. The minimum atomic E-state index is -4.03. The van der Waals surface area contributed by atoms with Gasteiger partial charge in [-0.3, -0.25) is 4.79 Å². The summed E-state index contributed by atoms with van der Waals surface area (Å²) in [7, 11) is -4.03. The van der Waals surface area contributed by atoms with Crippen LogP contribution in [0.1, 0.15) is 17.3 Å². The fourth-order valence-electron chi connectivity index (χ4n) is 3.96. The normalized spacial score (nSPS) is 13.9. The quantitative estimate of drug-likeness (QED) is 0.270. The average Bonchev–Trinajstić information content (AvgIpc) is 2.90. The molecule has 1 aliphatic rings. The predicted octanol–water partition coefficient (Wildman–Crippen LogP) is 6.53. The van der Waals surface area contributed by atoms with E-state index in [-0.39, 0.29) is 15.4 Å². The molecular weight excluding hydrogens is 474 g/mol. The molecule has 0 saturated carbocycles. The first-order valence-corrected chi connectivity index (χ1v) is 12.9. The fraction of sp³-hybridized carbons (Fsp3) is 0.0690. The lowest BCUT2D eigenvalue weighted by atomic mass is 10.1. The van der Waals surface area contributed by atoms with E-state index in [0.29, 0.717) is 35.2 Å². The number of ketones is 1. The van der Waals surface area contributed by atoms with Gasteiger partial charge in [0.15, 0.2) is 0 Å². The first-order valence-electron chi connectivity index (χ1n) is 11.4. The van der Waals surface area contributed by atoms with E-state index in [0.717, 1.165) is 0 Å². The second-order valence-electron chi connectivity index (χ2n) is 8.03. The molecule has 0 amide bonds. The number of fused-ring (bicyclic) bond motifs is 1. The van der Waals surface area contributed by atoms with Crippen LogP contribution in [-0.2, 0) is 9.84 Å². The summed E-state index contributed by atoms with van der Waals surface area (Å²) in [5.41, 5.74) is 1.42. The van der Waals surface area contributed by atoms with Crippen molar-refractivity contribution in [3.05, 3.63) is 120 Å². The van der Waals surface area contributed by atoms with Gasteiger partial charge in [0.05, 0.1) is 17.2 Å². The fourth-order valence-corrected chi connectivity index (χ4v) is 5.51. The molecule has 4 aromatic rings. The molecule has 0 saturated heterocycles. The Labute approximate surface area is 210 Å². The Kier molecular flexibility index (Phi) is 6.31. The number of ether oxygens (including phenoxy) is 2. The van der Waals surface area contributed by atoms with Gasteiger partial charge in [-0.15, -0.1) is 0 Å². The minimum Gasteiger partial charge on any atom is -0.494 e. The number of rotatable bonds is 7. The van der Waals surface area contributed by atoms with Gasteiger partial charge in [-0.1, -0.05) is 30.3 Å². The largest absolute Gasteiger partial charge is 0.494 e. The van der Waals surface area contributed by atoms with Crippen molar-refractivity contribution in [3.63, 3.8) is 0 Å². The molecule has 0 unspecified atom stereocenters. The van der Waals surface area contributed by atoms with Crippen molar-refractivity contribution in [2.45, 2.75) is 11.8 Å². The van der Waals surface area contributed by atoms with Gasteiger partial charge in [-0.05, 0) is 79.7 Å². The van der Waals surface area contributed by atoms with E-state index in [4.69, 9.17) is 9.47 Å². The number of hydrogen-bond donors (Lipinski definition) is 0. The third-order valence-electron chi connectivity index (χ3n) is 5.70. The number of benzene rings is 4. The molecule has 0 fully saturated rings. The molecule has 0 N–H and O–H groups in total. The average molecular weight is 498 g/mol. The Morgan fingerprint density at radius 2 is 1.36 bits per heavy atom. The Morgan fingerprint density at radius 3 is 2.06 bits per heavy atom. The lowest BCUT2D eigenvalue weighted by Crippen LogP contribution is -2.25. The van der Waals surface area contributed by atoms with Crippen LogP contribution in [0, 0.1) is 0 Å². The van der Waals surface area contributed by atoms with Crippen molar-refractivity contribution in [1.29, 1.82) is 0 Å².